The molecule has 2 aromatic heterocycles. The second kappa shape index (κ2) is 8.86. The average molecular weight is 447 g/mol. The van der Waals surface area contributed by atoms with Crippen molar-refractivity contribution in [2.24, 2.45) is 0 Å². The average Bonchev–Trinajstić information content (AvgIpc) is 3.29. The van der Waals surface area contributed by atoms with E-state index in [0.717, 1.165) is 6.42 Å². The van der Waals surface area contributed by atoms with Gasteiger partial charge in [-0.3, -0.25) is 4.79 Å². The summed E-state index contributed by atoms with van der Waals surface area (Å²) in [7, 11) is 0. The van der Waals surface area contributed by atoms with Gasteiger partial charge in [-0.1, -0.05) is 32.9 Å². The number of hydrogen-bond donors (Lipinski definition) is 0. The summed E-state index contributed by atoms with van der Waals surface area (Å²) < 4.78 is 22.1. The first-order valence-electron chi connectivity index (χ1n) is 10.5. The van der Waals surface area contributed by atoms with Crippen molar-refractivity contribution in [2.75, 3.05) is 0 Å². The molecular formula is C26H23O7-. The van der Waals surface area contributed by atoms with E-state index in [1.54, 1.807) is 18.2 Å². The van der Waals surface area contributed by atoms with Gasteiger partial charge in [0.2, 0.25) is 11.2 Å². The number of hydrogen-bond acceptors (Lipinski definition) is 7. The second-order valence-electron chi connectivity index (χ2n) is 8.29. The summed E-state index contributed by atoms with van der Waals surface area (Å²) in [6, 6.07) is 15.3. The van der Waals surface area contributed by atoms with Gasteiger partial charge in [0.05, 0.1) is 5.39 Å². The Hall–Kier alpha value is -4.00. The molecule has 2 aromatic carbocycles. The van der Waals surface area contributed by atoms with Crippen molar-refractivity contribution in [2.45, 2.75) is 39.2 Å². The van der Waals surface area contributed by atoms with Crippen LogP contribution in [0.3, 0.4) is 0 Å². The molecule has 4 rings (SSSR count). The maximum atomic E-state index is 12.9. The van der Waals surface area contributed by atoms with Crippen LogP contribution in [0.15, 0.2) is 74.5 Å². The van der Waals surface area contributed by atoms with Crippen molar-refractivity contribution >= 4 is 16.9 Å². The summed E-state index contributed by atoms with van der Waals surface area (Å²) in [5, 5.41) is 11.1. The highest BCUT2D eigenvalue weighted by Gasteiger charge is 2.18. The van der Waals surface area contributed by atoms with E-state index in [2.05, 4.69) is 20.8 Å². The lowest BCUT2D eigenvalue weighted by Crippen LogP contribution is -2.21. The van der Waals surface area contributed by atoms with Crippen molar-refractivity contribution in [3.05, 3.63) is 88.2 Å². The predicted octanol–water partition coefficient (Wildman–Crippen LogP) is 4.81. The van der Waals surface area contributed by atoms with E-state index in [9.17, 15) is 14.7 Å². The Balaban J connectivity index is 1.49. The van der Waals surface area contributed by atoms with E-state index in [-0.39, 0.29) is 29.0 Å². The van der Waals surface area contributed by atoms with Crippen LogP contribution in [-0.4, -0.2) is 5.97 Å². The molecule has 0 bridgehead atoms. The number of aromatic carboxylic acids is 1. The molecule has 0 aliphatic rings. The predicted molar refractivity (Wildman–Crippen MR) is 120 cm³/mol. The molecule has 0 amide bonds. The first-order chi connectivity index (χ1) is 15.8. The number of carboxylic acids is 1. The van der Waals surface area contributed by atoms with Crippen LogP contribution in [0.5, 0.6) is 17.2 Å². The Labute approximate surface area is 190 Å². The van der Waals surface area contributed by atoms with E-state index in [1.807, 2.05) is 24.3 Å². The van der Waals surface area contributed by atoms with E-state index < -0.39 is 5.97 Å². The number of ether oxygens (including phenoxy) is 2. The molecule has 33 heavy (non-hydrogen) atoms. The van der Waals surface area contributed by atoms with Crippen molar-refractivity contribution in [3.8, 4) is 17.2 Å². The van der Waals surface area contributed by atoms with E-state index in [1.165, 1.54) is 24.0 Å². The highest BCUT2D eigenvalue weighted by atomic mass is 16.5. The zero-order valence-electron chi connectivity index (χ0n) is 18.5. The van der Waals surface area contributed by atoms with Crippen LogP contribution in [0.25, 0.3) is 11.0 Å². The third-order valence-electron chi connectivity index (χ3n) is 5.71. The molecule has 0 aliphatic heterocycles. The maximum Gasteiger partial charge on any atom is 0.235 e. The minimum atomic E-state index is -1.40. The van der Waals surface area contributed by atoms with Crippen LogP contribution in [-0.2, 0) is 12.0 Å². The lowest BCUT2D eigenvalue weighted by Gasteiger charge is -2.23. The summed E-state index contributed by atoms with van der Waals surface area (Å²) in [5.41, 5.74) is 1.29. The van der Waals surface area contributed by atoms with Crippen LogP contribution in [0.4, 0.5) is 0 Å². The Morgan fingerprint density at radius 2 is 1.76 bits per heavy atom. The largest absolute Gasteiger partial charge is 0.542 e. The molecule has 0 saturated carbocycles. The van der Waals surface area contributed by atoms with Gasteiger partial charge in [0, 0.05) is 6.07 Å². The van der Waals surface area contributed by atoms with Crippen LogP contribution < -0.4 is 20.0 Å². The van der Waals surface area contributed by atoms with Crippen LogP contribution in [0, 0.1) is 0 Å². The number of furan rings is 1. The van der Waals surface area contributed by atoms with Crippen LogP contribution in [0.2, 0.25) is 0 Å². The Morgan fingerprint density at radius 1 is 1.03 bits per heavy atom. The zero-order chi connectivity index (χ0) is 23.6. The summed E-state index contributed by atoms with van der Waals surface area (Å²) in [6.07, 6.45) is 2.28. The maximum absolute atomic E-state index is 12.9. The first kappa shape index (κ1) is 22.2. The minimum absolute atomic E-state index is 0.00897. The van der Waals surface area contributed by atoms with Gasteiger partial charge in [0.15, 0.2) is 0 Å². The van der Waals surface area contributed by atoms with Gasteiger partial charge in [-0.25, -0.2) is 0 Å². The monoisotopic (exact) mass is 447 g/mol. The summed E-state index contributed by atoms with van der Waals surface area (Å²) in [5.74, 6) is -0.273. The number of benzene rings is 2. The second-order valence-corrected chi connectivity index (χ2v) is 8.29. The Bertz CT molecular complexity index is 1340. The molecular weight excluding hydrogens is 424 g/mol. The first-order valence-corrected chi connectivity index (χ1v) is 10.5. The standard InChI is InChI=1S/C26H24O7/c1-4-26(2,3)16-5-7-17(8-6-16)32-23-15-31-22-13-18(9-11-20(22)24(23)27)30-14-19-10-12-21(33-19)25(28)29/h5-13,15H,4,14H2,1-3H3,(H,28,29)/p-1. The van der Waals surface area contributed by atoms with Gasteiger partial charge in [0.1, 0.15) is 47.4 Å². The highest BCUT2D eigenvalue weighted by molar-refractivity contribution is 5.82. The van der Waals surface area contributed by atoms with Gasteiger partial charge < -0.3 is 28.2 Å². The van der Waals surface area contributed by atoms with Gasteiger partial charge in [-0.15, -0.1) is 0 Å². The molecule has 0 saturated heterocycles. The topological polar surface area (TPSA) is 102 Å². The van der Waals surface area contributed by atoms with Crippen LogP contribution >= 0.6 is 0 Å². The smallest absolute Gasteiger partial charge is 0.235 e. The highest BCUT2D eigenvalue weighted by Crippen LogP contribution is 2.30. The number of carbonyl (C=O) groups is 1. The molecule has 0 atom stereocenters. The zero-order valence-corrected chi connectivity index (χ0v) is 18.5. The molecule has 0 fully saturated rings. The van der Waals surface area contributed by atoms with Crippen molar-refractivity contribution < 1.29 is 28.2 Å². The molecule has 170 valence electrons. The minimum Gasteiger partial charge on any atom is -0.542 e. The van der Waals surface area contributed by atoms with E-state index in [4.69, 9.17) is 18.3 Å². The molecule has 0 aliphatic carbocycles. The summed E-state index contributed by atoms with van der Waals surface area (Å²) in [6.45, 7) is 6.51. The molecule has 7 nitrogen and oxygen atoms in total. The van der Waals surface area contributed by atoms with Crippen molar-refractivity contribution in [1.82, 2.24) is 0 Å². The lowest BCUT2D eigenvalue weighted by molar-refractivity contribution is -0.257. The van der Waals surface area contributed by atoms with Gasteiger partial charge in [-0.2, -0.15) is 0 Å². The van der Waals surface area contributed by atoms with Crippen molar-refractivity contribution in [3.63, 3.8) is 0 Å². The summed E-state index contributed by atoms with van der Waals surface area (Å²) >= 11 is 0. The van der Waals surface area contributed by atoms with Gasteiger partial charge in [0.25, 0.3) is 0 Å². The fourth-order valence-corrected chi connectivity index (χ4v) is 3.28. The summed E-state index contributed by atoms with van der Waals surface area (Å²) in [4.78, 5) is 23.6. The van der Waals surface area contributed by atoms with E-state index in [0.29, 0.717) is 28.2 Å². The SMILES string of the molecule is CCC(C)(C)c1ccc(Oc2coc3cc(OCc4ccc(C(=O)[O-])o4)ccc3c2=O)cc1. The number of carboxylic acid groups (broad SMARTS) is 1. The third kappa shape index (κ3) is 4.77. The number of carbonyl (C=O) groups excluding carboxylic acids is 1. The normalized spacial score (nSPS) is 11.5. The lowest BCUT2D eigenvalue weighted by atomic mass is 9.82. The molecule has 7 heteroatoms. The fourth-order valence-electron chi connectivity index (χ4n) is 3.28. The van der Waals surface area contributed by atoms with Crippen LogP contribution in [0.1, 0.15) is 49.1 Å². The van der Waals surface area contributed by atoms with Crippen molar-refractivity contribution in [1.29, 1.82) is 0 Å². The Kier molecular flexibility index (Phi) is 5.96. The molecule has 0 N–H and O–H groups in total. The quantitative estimate of drug-likeness (QED) is 0.382. The molecule has 4 aromatic rings. The van der Waals surface area contributed by atoms with E-state index >= 15 is 0 Å². The fraction of sp³-hybridized carbons (Fsp3) is 0.231. The number of fused-ring (bicyclic) bond motifs is 1. The Morgan fingerprint density at radius 3 is 2.42 bits per heavy atom. The molecule has 2 heterocycles. The third-order valence-corrected chi connectivity index (χ3v) is 5.71. The molecule has 0 unspecified atom stereocenters. The molecule has 0 spiro atoms. The van der Waals surface area contributed by atoms with Gasteiger partial charge in [-0.05, 0) is 53.8 Å². The van der Waals surface area contributed by atoms with Gasteiger partial charge >= 0.3 is 0 Å². The molecule has 0 radical (unpaired) electrons. The number of rotatable bonds is 8.